The summed E-state index contributed by atoms with van der Waals surface area (Å²) in [7, 11) is 0. The van der Waals surface area contributed by atoms with Crippen LogP contribution in [0.3, 0.4) is 0 Å². The number of rotatable bonds is 5. The molecule has 3 aromatic heterocycles. The van der Waals surface area contributed by atoms with Crippen LogP contribution < -0.4 is 0 Å². The maximum atomic E-state index is 5.56. The van der Waals surface area contributed by atoms with E-state index >= 15 is 0 Å². The van der Waals surface area contributed by atoms with Crippen LogP contribution in [0.4, 0.5) is 0 Å². The lowest BCUT2D eigenvalue weighted by molar-refractivity contribution is 1.18. The smallest absolute Gasteiger partial charge is 0.160 e. The number of benzene rings is 8. The van der Waals surface area contributed by atoms with E-state index in [1.54, 1.807) is 0 Å². The van der Waals surface area contributed by atoms with Crippen LogP contribution >= 0.6 is 11.3 Å². The van der Waals surface area contributed by atoms with Crippen LogP contribution in [0.2, 0.25) is 0 Å². The van der Waals surface area contributed by atoms with Crippen molar-refractivity contribution in [2.24, 2.45) is 0 Å². The van der Waals surface area contributed by atoms with Crippen molar-refractivity contribution in [1.82, 2.24) is 15.0 Å². The van der Waals surface area contributed by atoms with Gasteiger partial charge in [0.2, 0.25) is 0 Å². The highest BCUT2D eigenvalue weighted by molar-refractivity contribution is 7.26. The Morgan fingerprint density at radius 2 is 0.982 bits per heavy atom. The summed E-state index contributed by atoms with van der Waals surface area (Å²) in [6, 6.07) is 66.5. The summed E-state index contributed by atoms with van der Waals surface area (Å²) in [6.07, 6.45) is 0. The van der Waals surface area contributed by atoms with Crippen molar-refractivity contribution in [1.29, 1.82) is 0 Å². The third-order valence-electron chi connectivity index (χ3n) is 10.7. The van der Waals surface area contributed by atoms with Gasteiger partial charge in [0.1, 0.15) is 0 Å². The number of aromatic nitrogens is 3. The van der Waals surface area contributed by atoms with E-state index in [0.717, 1.165) is 44.9 Å². The lowest BCUT2D eigenvalue weighted by atomic mass is 9.90. The first-order chi connectivity index (χ1) is 27.3. The molecule has 0 saturated carbocycles. The van der Waals surface area contributed by atoms with Crippen LogP contribution in [0.5, 0.6) is 0 Å². The van der Waals surface area contributed by atoms with E-state index < -0.39 is 0 Å². The molecule has 0 saturated heterocycles. The van der Waals surface area contributed by atoms with E-state index in [1.807, 2.05) is 35.6 Å². The van der Waals surface area contributed by atoms with Gasteiger partial charge in [-0.1, -0.05) is 158 Å². The molecule has 0 atom stereocenters. The first-order valence-corrected chi connectivity index (χ1v) is 19.3. The van der Waals surface area contributed by atoms with Gasteiger partial charge in [-0.3, -0.25) is 0 Å². The van der Waals surface area contributed by atoms with E-state index in [-0.39, 0.29) is 0 Å². The fourth-order valence-electron chi connectivity index (χ4n) is 8.11. The number of thiophene rings is 1. The van der Waals surface area contributed by atoms with Crippen LogP contribution in [0.25, 0.3) is 109 Å². The maximum absolute atomic E-state index is 5.56. The van der Waals surface area contributed by atoms with Gasteiger partial charge in [0.05, 0.1) is 22.6 Å². The van der Waals surface area contributed by atoms with Gasteiger partial charge in [0, 0.05) is 47.8 Å². The van der Waals surface area contributed by atoms with Crippen molar-refractivity contribution in [3.8, 4) is 56.3 Å². The van der Waals surface area contributed by atoms with Gasteiger partial charge in [-0.15, -0.1) is 11.3 Å². The molecule has 8 aromatic carbocycles. The Bertz CT molecular complexity index is 3200. The van der Waals surface area contributed by atoms with Crippen molar-refractivity contribution in [2.45, 2.75) is 0 Å². The Balaban J connectivity index is 1.15. The van der Waals surface area contributed by atoms with E-state index in [0.29, 0.717) is 5.82 Å². The summed E-state index contributed by atoms with van der Waals surface area (Å²) in [5, 5.41) is 8.60. The average Bonchev–Trinajstić information content (AvgIpc) is 3.66. The van der Waals surface area contributed by atoms with Gasteiger partial charge >= 0.3 is 0 Å². The van der Waals surface area contributed by atoms with Gasteiger partial charge in [0.15, 0.2) is 5.82 Å². The average molecular weight is 718 g/mol. The highest BCUT2D eigenvalue weighted by Crippen LogP contribution is 2.47. The van der Waals surface area contributed by atoms with Gasteiger partial charge in [-0.2, -0.15) is 0 Å². The molecule has 0 N–H and O–H groups in total. The van der Waals surface area contributed by atoms with Crippen molar-refractivity contribution in [3.05, 3.63) is 188 Å². The first kappa shape index (κ1) is 31.5. The highest BCUT2D eigenvalue weighted by atomic mass is 32.1. The predicted octanol–water partition coefficient (Wildman–Crippen LogP) is 14.0. The van der Waals surface area contributed by atoms with Crippen LogP contribution in [-0.4, -0.2) is 15.0 Å². The van der Waals surface area contributed by atoms with Gasteiger partial charge in [-0.25, -0.2) is 15.0 Å². The maximum Gasteiger partial charge on any atom is 0.160 e. The SMILES string of the molecule is c1ccc(-c2cc(-c3cccc(-c4nc5cccc(-c6cc7ccccc7c7ccccc67)c5c5sc6ccccc6c45)c3)nc(-c3ccccc3)n2)cc1. The second kappa shape index (κ2) is 12.8. The fourth-order valence-corrected chi connectivity index (χ4v) is 9.38. The minimum atomic E-state index is 0.700. The topological polar surface area (TPSA) is 38.7 Å². The summed E-state index contributed by atoms with van der Waals surface area (Å²) in [6.45, 7) is 0. The number of fused-ring (bicyclic) bond motifs is 8. The molecule has 0 aliphatic carbocycles. The molecule has 0 aliphatic rings. The second-order valence-electron chi connectivity index (χ2n) is 13.9. The molecule has 0 unspecified atom stereocenters. The molecule has 11 aromatic rings. The Hall–Kier alpha value is -7.01. The number of pyridine rings is 1. The van der Waals surface area contributed by atoms with Crippen molar-refractivity contribution >= 4 is 64.0 Å². The molecule has 55 heavy (non-hydrogen) atoms. The molecular formula is C51H31N3S. The van der Waals surface area contributed by atoms with E-state index in [1.165, 1.54) is 58.2 Å². The summed E-state index contributed by atoms with van der Waals surface area (Å²) in [5.41, 5.74) is 10.2. The lowest BCUT2D eigenvalue weighted by Gasteiger charge is -2.15. The summed E-state index contributed by atoms with van der Waals surface area (Å²) in [4.78, 5) is 15.7. The van der Waals surface area contributed by atoms with Crippen molar-refractivity contribution in [3.63, 3.8) is 0 Å². The molecule has 0 amide bonds. The number of nitrogens with zero attached hydrogens (tertiary/aromatic N) is 3. The normalized spacial score (nSPS) is 11.6. The third kappa shape index (κ3) is 5.30. The molecule has 256 valence electrons. The largest absolute Gasteiger partial charge is 0.247 e. The van der Waals surface area contributed by atoms with Crippen molar-refractivity contribution in [2.75, 3.05) is 0 Å². The summed E-state index contributed by atoms with van der Waals surface area (Å²) in [5.74, 6) is 0.700. The molecule has 0 bridgehead atoms. The zero-order chi connectivity index (χ0) is 36.3. The van der Waals surface area contributed by atoms with Gasteiger partial charge < -0.3 is 0 Å². The zero-order valence-corrected chi connectivity index (χ0v) is 30.5. The Kier molecular flexibility index (Phi) is 7.35. The Labute approximate surface area is 321 Å². The Morgan fingerprint density at radius 1 is 0.364 bits per heavy atom. The van der Waals surface area contributed by atoms with E-state index in [2.05, 4.69) is 164 Å². The van der Waals surface area contributed by atoms with Crippen LogP contribution in [-0.2, 0) is 0 Å². The monoisotopic (exact) mass is 717 g/mol. The Morgan fingerprint density at radius 3 is 1.80 bits per heavy atom. The first-order valence-electron chi connectivity index (χ1n) is 18.5. The van der Waals surface area contributed by atoms with Gasteiger partial charge in [0.25, 0.3) is 0 Å². The molecule has 4 heteroatoms. The highest BCUT2D eigenvalue weighted by Gasteiger charge is 2.21. The van der Waals surface area contributed by atoms with Crippen LogP contribution in [0, 0.1) is 0 Å². The van der Waals surface area contributed by atoms with Crippen LogP contribution in [0.15, 0.2) is 188 Å². The van der Waals surface area contributed by atoms with E-state index in [9.17, 15) is 0 Å². The minimum absolute atomic E-state index is 0.700. The third-order valence-corrected chi connectivity index (χ3v) is 11.8. The zero-order valence-electron chi connectivity index (χ0n) is 29.6. The molecule has 0 fully saturated rings. The quantitative estimate of drug-likeness (QED) is 0.166. The predicted molar refractivity (Wildman–Crippen MR) is 232 cm³/mol. The molecule has 0 spiro atoms. The van der Waals surface area contributed by atoms with E-state index in [4.69, 9.17) is 15.0 Å². The standard InChI is InChI=1S/C51H31N3S/c1-3-15-32(16-4-1)44-31-45(54-51(53-44)33-17-5-2-6-18-33)35-20-13-21-36(29-35)49-48-41-25-11-12-28-46(41)55-50(48)47-40(26-14-27-43(47)52-49)42-30-34-19-7-8-22-37(34)38-23-9-10-24-39(38)42/h1-31H. The molecule has 3 heterocycles. The lowest BCUT2D eigenvalue weighted by Crippen LogP contribution is -1.96. The van der Waals surface area contributed by atoms with Crippen LogP contribution in [0.1, 0.15) is 0 Å². The van der Waals surface area contributed by atoms with Crippen molar-refractivity contribution < 1.29 is 0 Å². The fraction of sp³-hybridized carbons (Fsp3) is 0. The molecule has 0 radical (unpaired) electrons. The molecule has 11 rings (SSSR count). The molecular weight excluding hydrogens is 687 g/mol. The molecule has 0 aliphatic heterocycles. The summed E-state index contributed by atoms with van der Waals surface area (Å²) >= 11 is 1.86. The number of hydrogen-bond acceptors (Lipinski definition) is 4. The summed E-state index contributed by atoms with van der Waals surface area (Å²) < 4.78 is 2.50. The number of hydrogen-bond donors (Lipinski definition) is 0. The minimum Gasteiger partial charge on any atom is -0.247 e. The molecule has 3 nitrogen and oxygen atoms in total. The van der Waals surface area contributed by atoms with Gasteiger partial charge in [-0.05, 0) is 63.0 Å². The second-order valence-corrected chi connectivity index (χ2v) is 15.0.